The number of nitrogens with one attached hydrogen (secondary N) is 1. The van der Waals surface area contributed by atoms with Crippen molar-refractivity contribution in [2.75, 3.05) is 48.1 Å². The first kappa shape index (κ1) is 25.2. The van der Waals surface area contributed by atoms with Gasteiger partial charge in [0.05, 0.1) is 41.5 Å². The number of hydrogen-bond donors (Lipinski definition) is 1. The molecular weight excluding hydrogens is 456 g/mol. The number of fused-ring (bicyclic) bond motifs is 4. The van der Waals surface area contributed by atoms with Gasteiger partial charge in [0.1, 0.15) is 6.04 Å². The number of piperidine rings is 1. The van der Waals surface area contributed by atoms with Gasteiger partial charge >= 0.3 is 0 Å². The summed E-state index contributed by atoms with van der Waals surface area (Å²) in [6.07, 6.45) is 4.71. The summed E-state index contributed by atoms with van der Waals surface area (Å²) in [7, 11) is 6.72. The van der Waals surface area contributed by atoms with E-state index < -0.39 is 0 Å². The quantitative estimate of drug-likeness (QED) is 0.432. The van der Waals surface area contributed by atoms with Crippen molar-refractivity contribution in [2.24, 2.45) is 11.8 Å². The maximum Gasteiger partial charge on any atom is 0.161 e. The molecule has 0 saturated carbocycles. The number of hydroxylamine groups is 3. The smallest absolute Gasteiger partial charge is 0.161 e. The molecule has 1 N–H and O–H groups in total. The van der Waals surface area contributed by atoms with Crippen LogP contribution in [0, 0.1) is 17.0 Å². The zero-order valence-electron chi connectivity index (χ0n) is 22.3. The lowest BCUT2D eigenvalue weighted by Gasteiger charge is -2.58. The van der Waals surface area contributed by atoms with Crippen LogP contribution >= 0.6 is 0 Å². The number of nitrogens with zero attached hydrogens (tertiary/aromatic N) is 1. The van der Waals surface area contributed by atoms with E-state index in [1.54, 1.807) is 28.4 Å². The molecule has 0 spiro atoms. The summed E-state index contributed by atoms with van der Waals surface area (Å²) in [4.78, 5) is 0. The first-order chi connectivity index (χ1) is 17.4. The molecule has 0 unspecified atom stereocenters. The van der Waals surface area contributed by atoms with Gasteiger partial charge in [-0.2, -0.15) is 0 Å². The molecular formula is C29H40N2O5. The van der Waals surface area contributed by atoms with Crippen LogP contribution in [0.5, 0.6) is 23.0 Å². The Kier molecular flexibility index (Phi) is 7.07. The molecule has 7 heteroatoms. The minimum atomic E-state index is -0.114. The van der Waals surface area contributed by atoms with Crippen molar-refractivity contribution >= 4 is 0 Å². The molecule has 0 bridgehead atoms. The fourth-order valence-corrected chi connectivity index (χ4v) is 6.98. The van der Waals surface area contributed by atoms with Crippen molar-refractivity contribution in [3.63, 3.8) is 0 Å². The number of rotatable bonds is 7. The second-order valence-corrected chi connectivity index (χ2v) is 10.6. The summed E-state index contributed by atoms with van der Waals surface area (Å²) in [5.74, 6) is 3.88. The molecule has 3 aliphatic heterocycles. The van der Waals surface area contributed by atoms with E-state index in [1.807, 2.05) is 0 Å². The molecule has 36 heavy (non-hydrogen) atoms. The topological polar surface area (TPSA) is 72.0 Å². The first-order valence-corrected chi connectivity index (χ1v) is 13.2. The Hall–Kier alpha value is -2.48. The predicted octanol–water partition coefficient (Wildman–Crippen LogP) is 4.96. The summed E-state index contributed by atoms with van der Waals surface area (Å²) >= 11 is 0. The predicted molar refractivity (Wildman–Crippen MR) is 140 cm³/mol. The van der Waals surface area contributed by atoms with Gasteiger partial charge in [0.15, 0.2) is 23.0 Å². The van der Waals surface area contributed by atoms with Crippen LogP contribution in [-0.2, 0) is 12.8 Å². The average Bonchev–Trinajstić information content (AvgIpc) is 2.91. The Morgan fingerprint density at radius 1 is 0.833 bits per heavy atom. The van der Waals surface area contributed by atoms with Gasteiger partial charge in [-0.3, -0.25) is 0 Å². The molecule has 3 aliphatic rings. The fourth-order valence-electron chi connectivity index (χ4n) is 6.98. The van der Waals surface area contributed by atoms with E-state index in [0.29, 0.717) is 30.7 Å². The molecule has 1 fully saturated rings. The minimum absolute atomic E-state index is 0.0604. The standard InChI is InChI=1S/C29H40N2O5/c1-6-18-17-31(32)10-8-20-14-27(34-3)29(36-5)16-23(20)25(31)12-21(18)11-24-22-15-28(35-4)26(33-2)13-19(22)7-9-30-24/h13-16,18,21,24-25,30H,6-12,17H2,1-5H3/t18-,21-,24-,25+,31-/m1/s1. The van der Waals surface area contributed by atoms with Crippen molar-refractivity contribution in [3.8, 4) is 23.0 Å². The highest BCUT2D eigenvalue weighted by atomic mass is 16.5. The van der Waals surface area contributed by atoms with E-state index in [-0.39, 0.29) is 16.7 Å². The summed E-state index contributed by atoms with van der Waals surface area (Å²) in [5.41, 5.74) is 5.01. The SMILES string of the molecule is CC[C@@H]1C[N@+]2([O-])CCc3cc(OC)c(OC)cc3[C@@H]2C[C@H]1C[C@H]1NCCc2cc(OC)c(OC)cc21. The van der Waals surface area contributed by atoms with Crippen LogP contribution < -0.4 is 24.3 Å². The van der Waals surface area contributed by atoms with Crippen LogP contribution in [0.15, 0.2) is 24.3 Å². The number of quaternary nitrogens is 1. The molecule has 2 aromatic carbocycles. The summed E-state index contributed by atoms with van der Waals surface area (Å²) in [6.45, 7) is 4.51. The molecule has 7 nitrogen and oxygen atoms in total. The summed E-state index contributed by atoms with van der Waals surface area (Å²) in [6, 6.07) is 8.61. The molecule has 2 aromatic rings. The van der Waals surface area contributed by atoms with E-state index in [1.165, 1.54) is 16.7 Å². The largest absolute Gasteiger partial charge is 0.632 e. The molecule has 0 amide bonds. The van der Waals surface area contributed by atoms with Gasteiger partial charge in [0.2, 0.25) is 0 Å². The Balaban J connectivity index is 1.46. The van der Waals surface area contributed by atoms with Crippen LogP contribution in [0.4, 0.5) is 0 Å². The van der Waals surface area contributed by atoms with E-state index in [4.69, 9.17) is 18.9 Å². The zero-order valence-corrected chi connectivity index (χ0v) is 22.3. The molecule has 196 valence electrons. The molecule has 1 saturated heterocycles. The number of hydrogen-bond acceptors (Lipinski definition) is 6. The third kappa shape index (κ3) is 4.31. The van der Waals surface area contributed by atoms with Gasteiger partial charge in [0, 0.05) is 30.4 Å². The maximum absolute atomic E-state index is 14.2. The first-order valence-electron chi connectivity index (χ1n) is 13.2. The number of methoxy groups -OCH3 is 4. The third-order valence-corrected chi connectivity index (χ3v) is 8.94. The fraction of sp³-hybridized carbons (Fsp3) is 0.586. The Morgan fingerprint density at radius 2 is 1.42 bits per heavy atom. The van der Waals surface area contributed by atoms with Crippen molar-refractivity contribution in [2.45, 2.75) is 51.1 Å². The van der Waals surface area contributed by atoms with Gasteiger partial charge in [-0.25, -0.2) is 0 Å². The van der Waals surface area contributed by atoms with Gasteiger partial charge in [-0.05, 0) is 72.7 Å². The van der Waals surface area contributed by atoms with Crippen LogP contribution in [0.2, 0.25) is 0 Å². The van der Waals surface area contributed by atoms with Crippen LogP contribution in [0.1, 0.15) is 60.5 Å². The van der Waals surface area contributed by atoms with Gasteiger partial charge in [-0.15, -0.1) is 0 Å². The second kappa shape index (κ2) is 10.1. The molecule has 0 radical (unpaired) electrons. The van der Waals surface area contributed by atoms with E-state index in [2.05, 4.69) is 36.5 Å². The number of ether oxygens (including phenoxy) is 4. The average molecular weight is 497 g/mol. The molecule has 0 aromatic heterocycles. The number of benzene rings is 2. The van der Waals surface area contributed by atoms with E-state index in [0.717, 1.165) is 61.5 Å². The van der Waals surface area contributed by atoms with Crippen molar-refractivity contribution in [1.82, 2.24) is 5.32 Å². The monoisotopic (exact) mass is 496 g/mol. The maximum atomic E-state index is 14.2. The van der Waals surface area contributed by atoms with Gasteiger partial charge < -0.3 is 34.1 Å². The molecule has 3 heterocycles. The van der Waals surface area contributed by atoms with Crippen molar-refractivity contribution < 1.29 is 23.6 Å². The normalized spacial score (nSPS) is 28.9. The van der Waals surface area contributed by atoms with E-state index in [9.17, 15) is 5.21 Å². The van der Waals surface area contributed by atoms with Crippen molar-refractivity contribution in [1.29, 1.82) is 0 Å². The second-order valence-electron chi connectivity index (χ2n) is 10.6. The lowest BCUT2D eigenvalue weighted by atomic mass is 9.72. The zero-order chi connectivity index (χ0) is 25.4. The van der Waals surface area contributed by atoms with Gasteiger partial charge in [-0.1, -0.05) is 6.92 Å². The van der Waals surface area contributed by atoms with Crippen LogP contribution in [0.3, 0.4) is 0 Å². The highest BCUT2D eigenvalue weighted by molar-refractivity contribution is 5.50. The lowest BCUT2D eigenvalue weighted by molar-refractivity contribution is -0.924. The molecule has 5 rings (SSSR count). The van der Waals surface area contributed by atoms with E-state index >= 15 is 0 Å². The lowest BCUT2D eigenvalue weighted by Crippen LogP contribution is -2.57. The van der Waals surface area contributed by atoms with Gasteiger partial charge in [0.25, 0.3) is 0 Å². The Bertz CT molecular complexity index is 1110. The summed E-state index contributed by atoms with van der Waals surface area (Å²) in [5, 5.41) is 18.0. The third-order valence-electron chi connectivity index (χ3n) is 8.94. The Labute approximate surface area is 214 Å². The summed E-state index contributed by atoms with van der Waals surface area (Å²) < 4.78 is 22.2. The Morgan fingerprint density at radius 3 is 2.03 bits per heavy atom. The molecule has 5 atom stereocenters. The highest BCUT2D eigenvalue weighted by Crippen LogP contribution is 2.51. The van der Waals surface area contributed by atoms with Crippen LogP contribution in [0.25, 0.3) is 0 Å². The van der Waals surface area contributed by atoms with Crippen LogP contribution in [-0.4, -0.2) is 52.7 Å². The molecule has 0 aliphatic carbocycles. The highest BCUT2D eigenvalue weighted by Gasteiger charge is 2.46. The van der Waals surface area contributed by atoms with Crippen molar-refractivity contribution in [3.05, 3.63) is 51.7 Å². The minimum Gasteiger partial charge on any atom is -0.632 e.